The van der Waals surface area contributed by atoms with E-state index in [1.165, 1.54) is 6.07 Å². The van der Waals surface area contributed by atoms with E-state index in [-0.39, 0.29) is 11.3 Å². The minimum atomic E-state index is -1.95. The summed E-state index contributed by atoms with van der Waals surface area (Å²) in [4.78, 5) is 0. The van der Waals surface area contributed by atoms with Crippen LogP contribution < -0.4 is 0 Å². The zero-order chi connectivity index (χ0) is 17.5. The Morgan fingerprint density at radius 2 is 1.46 bits per heavy atom. The van der Waals surface area contributed by atoms with E-state index >= 15 is 0 Å². The second-order valence-electron chi connectivity index (χ2n) is 4.91. The molecule has 0 aliphatic rings. The van der Waals surface area contributed by atoms with Crippen molar-refractivity contribution in [2.24, 2.45) is 0 Å². The average molecular weight is 392 g/mol. The molecule has 1 aromatic heterocycles. The molecule has 3 rings (SSSR count). The van der Waals surface area contributed by atoms with Gasteiger partial charge in [-0.25, -0.2) is 17.9 Å². The summed E-state index contributed by atoms with van der Waals surface area (Å²) < 4.78 is 39.7. The third-order valence-corrected chi connectivity index (χ3v) is 3.79. The summed E-state index contributed by atoms with van der Waals surface area (Å²) in [6.45, 7) is 0. The quantitative estimate of drug-likeness (QED) is 0.392. The molecule has 24 heavy (non-hydrogen) atoms. The normalized spacial score (nSPS) is 11.8. The number of halogens is 6. The highest BCUT2D eigenvalue weighted by molar-refractivity contribution is 6.64. The highest BCUT2D eigenvalue weighted by atomic mass is 35.6. The van der Waals surface area contributed by atoms with Gasteiger partial charge in [0.15, 0.2) is 11.6 Å². The van der Waals surface area contributed by atoms with Gasteiger partial charge in [-0.05, 0) is 17.7 Å². The first-order valence-corrected chi connectivity index (χ1v) is 7.78. The van der Waals surface area contributed by atoms with Gasteiger partial charge >= 0.3 is 0 Å². The van der Waals surface area contributed by atoms with Crippen LogP contribution in [0.25, 0.3) is 22.5 Å². The van der Waals surface area contributed by atoms with Gasteiger partial charge in [0.25, 0.3) is 3.92 Å². The first-order valence-electron chi connectivity index (χ1n) is 6.65. The van der Waals surface area contributed by atoms with Gasteiger partial charge in [0.2, 0.25) is 0 Å². The Hall–Kier alpha value is -1.69. The van der Waals surface area contributed by atoms with E-state index in [1.807, 2.05) is 0 Å². The fraction of sp³-hybridized carbons (Fsp3) is 0.0625. The van der Waals surface area contributed by atoms with Crippen LogP contribution in [-0.2, 0) is 3.92 Å². The van der Waals surface area contributed by atoms with Gasteiger partial charge in [-0.1, -0.05) is 65.1 Å². The molecule has 124 valence electrons. The summed E-state index contributed by atoms with van der Waals surface area (Å²) in [7, 11) is 0. The van der Waals surface area contributed by atoms with Crippen LogP contribution in [-0.4, -0.2) is 9.78 Å². The summed E-state index contributed by atoms with van der Waals surface area (Å²) in [5.74, 6) is -3.46. The topological polar surface area (TPSA) is 17.8 Å². The van der Waals surface area contributed by atoms with Crippen LogP contribution in [0.15, 0.2) is 48.5 Å². The molecule has 8 heteroatoms. The molecule has 0 unspecified atom stereocenters. The van der Waals surface area contributed by atoms with Gasteiger partial charge in [-0.15, -0.1) is 0 Å². The first kappa shape index (κ1) is 17.1. The summed E-state index contributed by atoms with van der Waals surface area (Å²) >= 11 is 17.7. The van der Waals surface area contributed by atoms with Crippen molar-refractivity contribution in [2.75, 3.05) is 0 Å². The van der Waals surface area contributed by atoms with Crippen LogP contribution in [0.2, 0.25) is 0 Å². The maximum absolute atomic E-state index is 14.0. The van der Waals surface area contributed by atoms with Gasteiger partial charge in [0, 0.05) is 11.6 Å². The molecule has 0 saturated heterocycles. The van der Waals surface area contributed by atoms with E-state index in [2.05, 4.69) is 5.10 Å². The molecule has 3 aromatic rings. The number of aromatic nitrogens is 2. The van der Waals surface area contributed by atoms with Crippen molar-refractivity contribution < 1.29 is 13.2 Å². The Morgan fingerprint density at radius 3 is 2.08 bits per heavy atom. The number of benzene rings is 2. The Morgan fingerprint density at radius 1 is 0.833 bits per heavy atom. The lowest BCUT2D eigenvalue weighted by Crippen LogP contribution is -2.15. The molecule has 0 saturated carbocycles. The van der Waals surface area contributed by atoms with Crippen LogP contribution in [0.4, 0.5) is 13.2 Å². The summed E-state index contributed by atoms with van der Waals surface area (Å²) in [6.07, 6.45) is 0. The molecule has 0 N–H and O–H groups in total. The van der Waals surface area contributed by atoms with Crippen molar-refractivity contribution in [3.8, 4) is 22.5 Å². The predicted octanol–water partition coefficient (Wildman–Crippen LogP) is 5.92. The lowest BCUT2D eigenvalue weighted by molar-refractivity contribution is 0.496. The van der Waals surface area contributed by atoms with Crippen molar-refractivity contribution in [1.29, 1.82) is 0 Å². The second-order valence-corrected chi connectivity index (χ2v) is 7.13. The van der Waals surface area contributed by atoms with E-state index in [4.69, 9.17) is 34.8 Å². The second kappa shape index (κ2) is 6.31. The van der Waals surface area contributed by atoms with Crippen LogP contribution in [0.1, 0.15) is 0 Å². The van der Waals surface area contributed by atoms with Crippen molar-refractivity contribution in [3.05, 3.63) is 66.0 Å². The van der Waals surface area contributed by atoms with Crippen molar-refractivity contribution in [3.63, 3.8) is 0 Å². The Labute approximate surface area is 150 Å². The van der Waals surface area contributed by atoms with Crippen molar-refractivity contribution >= 4 is 34.8 Å². The van der Waals surface area contributed by atoms with Gasteiger partial charge in [-0.2, -0.15) is 5.10 Å². The van der Waals surface area contributed by atoms with E-state index < -0.39 is 21.4 Å². The predicted molar refractivity (Wildman–Crippen MR) is 88.5 cm³/mol. The van der Waals surface area contributed by atoms with Gasteiger partial charge in [0.05, 0.1) is 11.4 Å². The molecule has 0 fully saturated rings. The zero-order valence-corrected chi connectivity index (χ0v) is 14.0. The first-order chi connectivity index (χ1) is 11.3. The molecule has 0 spiro atoms. The molecular weight excluding hydrogens is 384 g/mol. The minimum absolute atomic E-state index is 0.0107. The Kier molecular flexibility index (Phi) is 4.51. The SMILES string of the molecule is Fc1cc(F)c(-c2cc(-c3ccccc3)n(C(Cl)(Cl)Cl)n2)cc1F. The molecule has 0 radical (unpaired) electrons. The number of nitrogens with zero attached hydrogens (tertiary/aromatic N) is 2. The maximum Gasteiger partial charge on any atom is 0.287 e. The fourth-order valence-corrected chi connectivity index (χ4v) is 2.63. The van der Waals surface area contributed by atoms with E-state index in [9.17, 15) is 13.2 Å². The summed E-state index contributed by atoms with van der Waals surface area (Å²) in [5, 5.41) is 4.05. The van der Waals surface area contributed by atoms with Gasteiger partial charge in [-0.3, -0.25) is 0 Å². The largest absolute Gasteiger partial charge is 0.287 e. The average Bonchev–Trinajstić information content (AvgIpc) is 2.97. The third-order valence-electron chi connectivity index (χ3n) is 3.30. The number of rotatable bonds is 2. The molecule has 0 amide bonds. The molecule has 0 aliphatic carbocycles. The smallest absolute Gasteiger partial charge is 0.215 e. The van der Waals surface area contributed by atoms with Gasteiger partial charge < -0.3 is 0 Å². The molecule has 1 heterocycles. The van der Waals surface area contributed by atoms with E-state index in [0.717, 1.165) is 4.68 Å². The minimum Gasteiger partial charge on any atom is -0.215 e. The Bertz CT molecular complexity index is 890. The summed E-state index contributed by atoms with van der Waals surface area (Å²) in [5.41, 5.74) is 0.816. The third kappa shape index (κ3) is 3.24. The molecule has 0 aliphatic heterocycles. The highest BCUT2D eigenvalue weighted by Gasteiger charge is 2.29. The summed E-state index contributed by atoms with van der Waals surface area (Å²) in [6, 6.07) is 11.4. The van der Waals surface area contributed by atoms with Crippen molar-refractivity contribution in [2.45, 2.75) is 3.92 Å². The lowest BCUT2D eigenvalue weighted by Gasteiger charge is -2.15. The maximum atomic E-state index is 14.0. The van der Waals surface area contributed by atoms with E-state index in [0.29, 0.717) is 23.4 Å². The van der Waals surface area contributed by atoms with Crippen LogP contribution in [0.3, 0.4) is 0 Å². The number of alkyl halides is 3. The van der Waals surface area contributed by atoms with Crippen LogP contribution >= 0.6 is 34.8 Å². The van der Waals surface area contributed by atoms with E-state index in [1.54, 1.807) is 30.3 Å². The van der Waals surface area contributed by atoms with Gasteiger partial charge in [0.1, 0.15) is 5.82 Å². The van der Waals surface area contributed by atoms with Crippen LogP contribution in [0.5, 0.6) is 0 Å². The standard InChI is InChI=1S/C16H8Cl3F3N2/c17-16(18,19)24-15(9-4-2-1-3-5-9)8-14(23-24)10-6-12(21)13(22)7-11(10)20/h1-8H. The molecular formula is C16H8Cl3F3N2. The number of hydrogen-bond acceptors (Lipinski definition) is 1. The molecule has 2 nitrogen and oxygen atoms in total. The highest BCUT2D eigenvalue weighted by Crippen LogP contribution is 2.38. The molecule has 0 atom stereocenters. The van der Waals surface area contributed by atoms with Crippen LogP contribution in [0, 0.1) is 17.5 Å². The zero-order valence-electron chi connectivity index (χ0n) is 11.8. The lowest BCUT2D eigenvalue weighted by atomic mass is 10.1. The fourth-order valence-electron chi connectivity index (χ4n) is 2.24. The van der Waals surface area contributed by atoms with Crippen molar-refractivity contribution in [1.82, 2.24) is 9.78 Å². The molecule has 0 bridgehead atoms. The Balaban J connectivity index is 2.22. The number of hydrogen-bond donors (Lipinski definition) is 0. The monoisotopic (exact) mass is 390 g/mol. The molecule has 2 aromatic carbocycles.